The number of ether oxygens (including phenoxy) is 2. The standard InChI is InChI=1S/C11H20N4O2/c1-15(2)7-9-17-8-6-13-11-12-5-4-10(14-11)16-3/h4-5H,6-9H2,1-3H3,(H,12,13,14). The zero-order valence-corrected chi connectivity index (χ0v) is 10.6. The van der Waals surface area contributed by atoms with Gasteiger partial charge in [0.05, 0.1) is 20.3 Å². The molecule has 0 spiro atoms. The van der Waals surface area contributed by atoms with Gasteiger partial charge in [0.15, 0.2) is 0 Å². The molecule has 96 valence electrons. The molecule has 17 heavy (non-hydrogen) atoms. The predicted molar refractivity (Wildman–Crippen MR) is 66.4 cm³/mol. The Hall–Kier alpha value is -1.40. The molecular formula is C11H20N4O2. The molecule has 6 nitrogen and oxygen atoms in total. The average molecular weight is 240 g/mol. The topological polar surface area (TPSA) is 59.5 Å². The maximum absolute atomic E-state index is 5.43. The van der Waals surface area contributed by atoms with Crippen LogP contribution < -0.4 is 10.1 Å². The molecule has 0 unspecified atom stereocenters. The van der Waals surface area contributed by atoms with Crippen molar-refractivity contribution in [3.63, 3.8) is 0 Å². The second kappa shape index (κ2) is 7.81. The predicted octanol–water partition coefficient (Wildman–Crippen LogP) is 0.475. The van der Waals surface area contributed by atoms with Crippen molar-refractivity contribution in [1.82, 2.24) is 14.9 Å². The Kier molecular flexibility index (Phi) is 6.27. The van der Waals surface area contributed by atoms with Crippen LogP contribution in [0, 0.1) is 0 Å². The fourth-order valence-electron chi connectivity index (χ4n) is 1.13. The highest BCUT2D eigenvalue weighted by Gasteiger charge is 1.97. The normalized spacial score (nSPS) is 10.6. The molecule has 0 saturated carbocycles. The lowest BCUT2D eigenvalue weighted by molar-refractivity contribution is 0.126. The van der Waals surface area contributed by atoms with Gasteiger partial charge in [-0.1, -0.05) is 0 Å². The van der Waals surface area contributed by atoms with E-state index in [1.807, 2.05) is 14.1 Å². The SMILES string of the molecule is COc1ccnc(NCCOCCN(C)C)n1. The first-order chi connectivity index (χ1) is 8.22. The molecule has 1 N–H and O–H groups in total. The molecule has 6 heteroatoms. The molecule has 0 aliphatic carbocycles. The number of hydrogen-bond acceptors (Lipinski definition) is 6. The number of aromatic nitrogens is 2. The van der Waals surface area contributed by atoms with Gasteiger partial charge in [0.25, 0.3) is 0 Å². The monoisotopic (exact) mass is 240 g/mol. The Morgan fingerprint density at radius 3 is 2.88 bits per heavy atom. The van der Waals surface area contributed by atoms with Crippen LogP contribution in [0.5, 0.6) is 5.88 Å². The van der Waals surface area contributed by atoms with E-state index in [4.69, 9.17) is 9.47 Å². The molecule has 0 saturated heterocycles. The lowest BCUT2D eigenvalue weighted by atomic mass is 10.6. The lowest BCUT2D eigenvalue weighted by Crippen LogP contribution is -2.20. The minimum atomic E-state index is 0.552. The summed E-state index contributed by atoms with van der Waals surface area (Å²) in [5.74, 6) is 1.11. The van der Waals surface area contributed by atoms with Gasteiger partial charge in [0.2, 0.25) is 11.8 Å². The Balaban J connectivity index is 2.13. The molecular weight excluding hydrogens is 220 g/mol. The van der Waals surface area contributed by atoms with Gasteiger partial charge in [-0.2, -0.15) is 4.98 Å². The fraction of sp³-hybridized carbons (Fsp3) is 0.636. The zero-order valence-electron chi connectivity index (χ0n) is 10.6. The average Bonchev–Trinajstić information content (AvgIpc) is 2.33. The van der Waals surface area contributed by atoms with E-state index in [0.29, 0.717) is 25.0 Å². The van der Waals surface area contributed by atoms with E-state index < -0.39 is 0 Å². The number of methoxy groups -OCH3 is 1. The number of anilines is 1. The van der Waals surface area contributed by atoms with Gasteiger partial charge in [0.1, 0.15) is 0 Å². The van der Waals surface area contributed by atoms with Crippen LogP contribution in [0.3, 0.4) is 0 Å². The van der Waals surface area contributed by atoms with Gasteiger partial charge in [-0.15, -0.1) is 0 Å². The smallest absolute Gasteiger partial charge is 0.226 e. The first-order valence-corrected chi connectivity index (χ1v) is 5.55. The van der Waals surface area contributed by atoms with Crippen LogP contribution in [0.4, 0.5) is 5.95 Å². The summed E-state index contributed by atoms with van der Waals surface area (Å²) in [5.41, 5.74) is 0. The van der Waals surface area contributed by atoms with Crippen LogP contribution in [-0.2, 0) is 4.74 Å². The maximum Gasteiger partial charge on any atom is 0.226 e. The number of nitrogens with zero attached hydrogens (tertiary/aromatic N) is 3. The number of nitrogens with one attached hydrogen (secondary N) is 1. The second-order valence-corrected chi connectivity index (χ2v) is 3.77. The molecule has 0 bridgehead atoms. The van der Waals surface area contributed by atoms with Crippen LogP contribution in [0.1, 0.15) is 0 Å². The largest absolute Gasteiger partial charge is 0.481 e. The van der Waals surface area contributed by atoms with Crippen molar-refractivity contribution in [3.8, 4) is 5.88 Å². The minimum absolute atomic E-state index is 0.552. The Morgan fingerprint density at radius 1 is 1.35 bits per heavy atom. The van der Waals surface area contributed by atoms with E-state index in [2.05, 4.69) is 20.2 Å². The third kappa shape index (κ3) is 6.03. The van der Waals surface area contributed by atoms with E-state index in [-0.39, 0.29) is 0 Å². The molecule has 1 heterocycles. The van der Waals surface area contributed by atoms with E-state index >= 15 is 0 Å². The summed E-state index contributed by atoms with van der Waals surface area (Å²) in [6, 6.07) is 1.71. The number of rotatable bonds is 8. The van der Waals surface area contributed by atoms with Crippen LogP contribution >= 0.6 is 0 Å². The summed E-state index contributed by atoms with van der Waals surface area (Å²) >= 11 is 0. The summed E-state index contributed by atoms with van der Waals surface area (Å²) in [6.45, 7) is 2.97. The van der Waals surface area contributed by atoms with E-state index in [1.165, 1.54) is 0 Å². The number of hydrogen-bond donors (Lipinski definition) is 1. The summed E-state index contributed by atoms with van der Waals surface area (Å²) < 4.78 is 10.4. The minimum Gasteiger partial charge on any atom is -0.481 e. The maximum atomic E-state index is 5.43. The molecule has 0 aliphatic rings. The molecule has 0 amide bonds. The highest BCUT2D eigenvalue weighted by Crippen LogP contribution is 2.06. The summed E-state index contributed by atoms with van der Waals surface area (Å²) in [6.07, 6.45) is 1.65. The van der Waals surface area contributed by atoms with Crippen LogP contribution in [0.25, 0.3) is 0 Å². The van der Waals surface area contributed by atoms with Crippen molar-refractivity contribution in [1.29, 1.82) is 0 Å². The van der Waals surface area contributed by atoms with Crippen LogP contribution in [0.2, 0.25) is 0 Å². The first-order valence-electron chi connectivity index (χ1n) is 5.55. The van der Waals surface area contributed by atoms with E-state index in [0.717, 1.165) is 13.2 Å². The third-order valence-corrected chi connectivity index (χ3v) is 2.05. The van der Waals surface area contributed by atoms with Gasteiger partial charge < -0.3 is 19.7 Å². The van der Waals surface area contributed by atoms with Gasteiger partial charge >= 0.3 is 0 Å². The Morgan fingerprint density at radius 2 is 2.18 bits per heavy atom. The van der Waals surface area contributed by atoms with Crippen molar-refractivity contribution in [3.05, 3.63) is 12.3 Å². The first kappa shape index (κ1) is 13.7. The highest BCUT2D eigenvalue weighted by atomic mass is 16.5. The lowest BCUT2D eigenvalue weighted by Gasteiger charge is -2.10. The Bertz CT molecular complexity index is 320. The van der Waals surface area contributed by atoms with Gasteiger partial charge in [0, 0.05) is 25.4 Å². The van der Waals surface area contributed by atoms with Gasteiger partial charge in [-0.25, -0.2) is 4.98 Å². The van der Waals surface area contributed by atoms with E-state index in [1.54, 1.807) is 19.4 Å². The summed E-state index contributed by atoms with van der Waals surface area (Å²) in [5, 5.41) is 3.07. The van der Waals surface area contributed by atoms with Crippen molar-refractivity contribution in [2.75, 3.05) is 52.8 Å². The summed E-state index contributed by atoms with van der Waals surface area (Å²) in [4.78, 5) is 10.3. The number of likely N-dealkylation sites (N-methyl/N-ethyl adjacent to an activating group) is 1. The van der Waals surface area contributed by atoms with Gasteiger partial charge in [-0.05, 0) is 14.1 Å². The van der Waals surface area contributed by atoms with E-state index in [9.17, 15) is 0 Å². The van der Waals surface area contributed by atoms with Crippen molar-refractivity contribution in [2.45, 2.75) is 0 Å². The molecule has 1 rings (SSSR count). The molecule has 0 aromatic carbocycles. The molecule has 0 aliphatic heterocycles. The van der Waals surface area contributed by atoms with Crippen molar-refractivity contribution in [2.24, 2.45) is 0 Å². The van der Waals surface area contributed by atoms with Crippen LogP contribution in [-0.4, -0.2) is 62.4 Å². The zero-order chi connectivity index (χ0) is 12.5. The van der Waals surface area contributed by atoms with Crippen molar-refractivity contribution >= 4 is 5.95 Å². The molecule has 0 radical (unpaired) electrons. The quantitative estimate of drug-likeness (QED) is 0.667. The molecule has 1 aromatic rings. The second-order valence-electron chi connectivity index (χ2n) is 3.77. The van der Waals surface area contributed by atoms with Crippen LogP contribution in [0.15, 0.2) is 12.3 Å². The molecule has 0 fully saturated rings. The molecule has 0 atom stereocenters. The summed E-state index contributed by atoms with van der Waals surface area (Å²) in [7, 11) is 5.62. The van der Waals surface area contributed by atoms with Gasteiger partial charge in [-0.3, -0.25) is 0 Å². The Labute approximate surface area is 102 Å². The van der Waals surface area contributed by atoms with Crippen molar-refractivity contribution < 1.29 is 9.47 Å². The highest BCUT2D eigenvalue weighted by molar-refractivity contribution is 5.26. The fourth-order valence-corrected chi connectivity index (χ4v) is 1.13. The third-order valence-electron chi connectivity index (χ3n) is 2.05. The molecule has 1 aromatic heterocycles.